The Morgan fingerprint density at radius 3 is 3.00 bits per heavy atom. The first-order valence-corrected chi connectivity index (χ1v) is 5.03. The zero-order valence-electron chi connectivity index (χ0n) is 9.12. The number of carbonyl (C=O) groups is 1. The van der Waals surface area contributed by atoms with E-state index in [4.69, 9.17) is 9.52 Å². The number of rotatable bonds is 4. The Hall–Kier alpha value is -2.37. The summed E-state index contributed by atoms with van der Waals surface area (Å²) in [6.07, 6.45) is 2.90. The summed E-state index contributed by atoms with van der Waals surface area (Å²) in [5.41, 5.74) is 0.0819. The lowest BCUT2D eigenvalue weighted by atomic mass is 10.2. The summed E-state index contributed by atoms with van der Waals surface area (Å²) in [6, 6.07) is 4.78. The number of nitrogens with one attached hydrogen (secondary N) is 1. The summed E-state index contributed by atoms with van der Waals surface area (Å²) in [5, 5.41) is 19.3. The van der Waals surface area contributed by atoms with Crippen molar-refractivity contribution in [3.8, 4) is 0 Å². The lowest BCUT2D eigenvalue weighted by Gasteiger charge is -2.12. The van der Waals surface area contributed by atoms with Crippen molar-refractivity contribution >= 4 is 11.8 Å². The van der Waals surface area contributed by atoms with Crippen LogP contribution in [0.15, 0.2) is 35.1 Å². The van der Waals surface area contributed by atoms with Gasteiger partial charge in [-0.15, -0.1) is 5.10 Å². The third-order valence-electron chi connectivity index (χ3n) is 2.27. The fourth-order valence-electron chi connectivity index (χ4n) is 1.42. The van der Waals surface area contributed by atoms with Crippen LogP contribution in [0.2, 0.25) is 0 Å². The molecule has 17 heavy (non-hydrogen) atoms. The highest BCUT2D eigenvalue weighted by atomic mass is 16.4. The lowest BCUT2D eigenvalue weighted by molar-refractivity contribution is 0.0697. The summed E-state index contributed by atoms with van der Waals surface area (Å²) < 4.78 is 5.21. The van der Waals surface area contributed by atoms with Crippen molar-refractivity contribution in [2.24, 2.45) is 0 Å². The molecule has 1 atom stereocenters. The molecule has 1 unspecified atom stereocenters. The average molecular weight is 233 g/mol. The Balaban J connectivity index is 2.21. The fourth-order valence-corrected chi connectivity index (χ4v) is 1.42. The number of furan rings is 1. The summed E-state index contributed by atoms with van der Waals surface area (Å²) >= 11 is 0. The van der Waals surface area contributed by atoms with E-state index >= 15 is 0 Å². The highest BCUT2D eigenvalue weighted by molar-refractivity contribution is 5.92. The zero-order valence-corrected chi connectivity index (χ0v) is 9.12. The van der Waals surface area contributed by atoms with E-state index < -0.39 is 5.97 Å². The number of nitrogens with zero attached hydrogens (tertiary/aromatic N) is 2. The molecule has 0 aromatic carbocycles. The van der Waals surface area contributed by atoms with Gasteiger partial charge < -0.3 is 14.8 Å². The predicted octanol–water partition coefficient (Wildman–Crippen LogP) is 1.94. The Morgan fingerprint density at radius 2 is 2.35 bits per heavy atom. The maximum Gasteiger partial charge on any atom is 0.339 e. The number of aromatic nitrogens is 2. The summed E-state index contributed by atoms with van der Waals surface area (Å²) in [4.78, 5) is 11.0. The van der Waals surface area contributed by atoms with Gasteiger partial charge in [0, 0.05) is 0 Å². The number of carboxylic acids is 1. The maximum absolute atomic E-state index is 11.0. The molecule has 0 radical (unpaired) electrons. The Morgan fingerprint density at radius 1 is 1.53 bits per heavy atom. The number of aromatic carboxylic acids is 1. The summed E-state index contributed by atoms with van der Waals surface area (Å²) in [5.74, 6) is -0.120. The van der Waals surface area contributed by atoms with Gasteiger partial charge in [-0.1, -0.05) is 0 Å². The summed E-state index contributed by atoms with van der Waals surface area (Å²) in [6.45, 7) is 1.85. The summed E-state index contributed by atoms with van der Waals surface area (Å²) in [7, 11) is 0. The molecular formula is C11H11N3O3. The molecule has 88 valence electrons. The lowest BCUT2D eigenvalue weighted by Crippen LogP contribution is -2.12. The topological polar surface area (TPSA) is 88.2 Å². The Kier molecular flexibility index (Phi) is 3.04. The van der Waals surface area contributed by atoms with Crippen LogP contribution >= 0.6 is 0 Å². The molecule has 0 spiro atoms. The van der Waals surface area contributed by atoms with Gasteiger partial charge in [0.25, 0.3) is 0 Å². The van der Waals surface area contributed by atoms with E-state index in [2.05, 4.69) is 15.5 Å². The van der Waals surface area contributed by atoms with Gasteiger partial charge in [-0.25, -0.2) is 4.79 Å². The van der Waals surface area contributed by atoms with Crippen molar-refractivity contribution in [2.75, 3.05) is 5.32 Å². The van der Waals surface area contributed by atoms with Crippen LogP contribution in [0.1, 0.15) is 29.1 Å². The molecule has 2 heterocycles. The van der Waals surface area contributed by atoms with Gasteiger partial charge in [-0.2, -0.15) is 5.10 Å². The van der Waals surface area contributed by atoms with Gasteiger partial charge in [0.2, 0.25) is 0 Å². The first-order chi connectivity index (χ1) is 8.18. The Labute approximate surface area is 97.3 Å². The maximum atomic E-state index is 11.0. The third kappa shape index (κ3) is 2.41. The van der Waals surface area contributed by atoms with Crippen LogP contribution in [0.4, 0.5) is 5.82 Å². The second kappa shape index (κ2) is 4.65. The van der Waals surface area contributed by atoms with Crippen molar-refractivity contribution < 1.29 is 14.3 Å². The van der Waals surface area contributed by atoms with Gasteiger partial charge in [-0.05, 0) is 25.1 Å². The second-order valence-corrected chi connectivity index (χ2v) is 3.48. The van der Waals surface area contributed by atoms with Gasteiger partial charge in [0.15, 0.2) is 5.82 Å². The molecule has 6 nitrogen and oxygen atoms in total. The van der Waals surface area contributed by atoms with Crippen molar-refractivity contribution in [1.29, 1.82) is 0 Å². The molecule has 0 saturated heterocycles. The molecule has 0 bridgehead atoms. The molecular weight excluding hydrogens is 222 g/mol. The van der Waals surface area contributed by atoms with Crippen LogP contribution in [0.25, 0.3) is 0 Å². The molecule has 0 aliphatic heterocycles. The largest absolute Gasteiger partial charge is 0.478 e. The van der Waals surface area contributed by atoms with E-state index in [0.29, 0.717) is 5.76 Å². The molecule has 0 aliphatic carbocycles. The highest BCUT2D eigenvalue weighted by Crippen LogP contribution is 2.20. The molecule has 2 rings (SSSR count). The predicted molar refractivity (Wildman–Crippen MR) is 59.7 cm³/mol. The smallest absolute Gasteiger partial charge is 0.339 e. The van der Waals surface area contributed by atoms with Gasteiger partial charge >= 0.3 is 5.97 Å². The van der Waals surface area contributed by atoms with E-state index in [-0.39, 0.29) is 17.4 Å². The standard InChI is InChI=1S/C11H11N3O3/c1-7(9-3-2-6-17-9)13-10-8(11(15)16)4-5-12-14-10/h2-7H,1H3,(H,13,14)(H,15,16). The van der Waals surface area contributed by atoms with Crippen molar-refractivity contribution in [2.45, 2.75) is 13.0 Å². The van der Waals surface area contributed by atoms with E-state index in [9.17, 15) is 4.79 Å². The molecule has 6 heteroatoms. The Bertz CT molecular complexity index is 510. The van der Waals surface area contributed by atoms with Gasteiger partial charge in [-0.3, -0.25) is 0 Å². The fraction of sp³-hybridized carbons (Fsp3) is 0.182. The van der Waals surface area contributed by atoms with E-state index in [1.165, 1.54) is 12.3 Å². The van der Waals surface area contributed by atoms with Crippen LogP contribution < -0.4 is 5.32 Å². The quantitative estimate of drug-likeness (QED) is 0.838. The van der Waals surface area contributed by atoms with Crippen LogP contribution in [-0.2, 0) is 0 Å². The van der Waals surface area contributed by atoms with Gasteiger partial charge in [0.1, 0.15) is 11.3 Å². The molecule has 2 N–H and O–H groups in total. The SMILES string of the molecule is CC(Nc1nnccc1C(=O)O)c1ccco1. The minimum Gasteiger partial charge on any atom is -0.478 e. The van der Waals surface area contributed by atoms with E-state index in [1.54, 1.807) is 18.4 Å². The molecule has 0 fully saturated rings. The third-order valence-corrected chi connectivity index (χ3v) is 2.27. The van der Waals surface area contributed by atoms with Crippen molar-refractivity contribution in [3.63, 3.8) is 0 Å². The second-order valence-electron chi connectivity index (χ2n) is 3.48. The minimum absolute atomic E-state index is 0.0819. The van der Waals surface area contributed by atoms with E-state index in [1.807, 2.05) is 6.92 Å². The van der Waals surface area contributed by atoms with Crippen LogP contribution in [0.5, 0.6) is 0 Å². The van der Waals surface area contributed by atoms with Crippen molar-refractivity contribution in [3.05, 3.63) is 42.0 Å². The van der Waals surface area contributed by atoms with Crippen molar-refractivity contribution in [1.82, 2.24) is 10.2 Å². The number of anilines is 1. The first kappa shape index (κ1) is 11.1. The minimum atomic E-state index is -1.05. The average Bonchev–Trinajstić information content (AvgIpc) is 2.83. The molecule has 0 amide bonds. The molecule has 0 saturated carbocycles. The molecule has 2 aromatic heterocycles. The number of carboxylic acid groups (broad SMARTS) is 1. The van der Waals surface area contributed by atoms with Crippen LogP contribution in [-0.4, -0.2) is 21.3 Å². The zero-order chi connectivity index (χ0) is 12.3. The normalized spacial score (nSPS) is 12.1. The highest BCUT2D eigenvalue weighted by Gasteiger charge is 2.15. The number of hydrogen-bond acceptors (Lipinski definition) is 5. The first-order valence-electron chi connectivity index (χ1n) is 5.03. The van der Waals surface area contributed by atoms with Crippen LogP contribution in [0, 0.1) is 0 Å². The van der Waals surface area contributed by atoms with Gasteiger partial charge in [0.05, 0.1) is 18.5 Å². The van der Waals surface area contributed by atoms with Crippen LogP contribution in [0.3, 0.4) is 0 Å². The van der Waals surface area contributed by atoms with E-state index in [0.717, 1.165) is 0 Å². The monoisotopic (exact) mass is 233 g/mol. The molecule has 0 aliphatic rings. The molecule has 2 aromatic rings. The number of hydrogen-bond donors (Lipinski definition) is 2.